The van der Waals surface area contributed by atoms with E-state index in [0.29, 0.717) is 6.54 Å². The molecule has 2 aliphatic rings. The Kier molecular flexibility index (Phi) is 3.52. The largest absolute Gasteiger partial charge is 0.454 e. The van der Waals surface area contributed by atoms with Gasteiger partial charge in [0.05, 0.1) is 0 Å². The lowest BCUT2D eigenvalue weighted by atomic mass is 10.1. The number of fused-ring (bicyclic) bond motifs is 1. The van der Waals surface area contributed by atoms with Crippen molar-refractivity contribution in [1.82, 2.24) is 16.2 Å². The molecule has 2 heterocycles. The van der Waals surface area contributed by atoms with Crippen LogP contribution in [0.3, 0.4) is 0 Å². The number of carbonyl (C=O) groups excluding carboxylic acids is 1. The molecule has 0 aliphatic carbocycles. The van der Waals surface area contributed by atoms with Crippen LogP contribution in [0.5, 0.6) is 11.5 Å². The third-order valence-corrected chi connectivity index (χ3v) is 3.30. The maximum Gasteiger partial charge on any atom is 0.238 e. The van der Waals surface area contributed by atoms with E-state index in [4.69, 9.17) is 9.47 Å². The number of hydrogen-bond donors (Lipinski definition) is 3. The minimum Gasteiger partial charge on any atom is -0.454 e. The Morgan fingerprint density at radius 2 is 2.26 bits per heavy atom. The van der Waals surface area contributed by atoms with Crippen molar-refractivity contribution in [3.05, 3.63) is 23.8 Å². The first kappa shape index (κ1) is 12.3. The lowest BCUT2D eigenvalue weighted by molar-refractivity contribution is -0.122. The molecule has 102 valence electrons. The van der Waals surface area contributed by atoms with Crippen molar-refractivity contribution in [2.24, 2.45) is 0 Å². The van der Waals surface area contributed by atoms with Crippen molar-refractivity contribution < 1.29 is 14.3 Å². The van der Waals surface area contributed by atoms with Gasteiger partial charge < -0.3 is 14.8 Å². The summed E-state index contributed by atoms with van der Waals surface area (Å²) < 4.78 is 10.6. The summed E-state index contributed by atoms with van der Waals surface area (Å²) in [7, 11) is 0. The van der Waals surface area contributed by atoms with E-state index in [9.17, 15) is 4.79 Å². The fraction of sp³-hybridized carbons (Fsp3) is 0.462. The molecular weight excluding hydrogens is 246 g/mol. The van der Waals surface area contributed by atoms with Crippen LogP contribution in [0, 0.1) is 0 Å². The van der Waals surface area contributed by atoms with E-state index in [-0.39, 0.29) is 18.7 Å². The summed E-state index contributed by atoms with van der Waals surface area (Å²) in [5, 5.41) is 2.93. The summed E-state index contributed by atoms with van der Waals surface area (Å²) in [4.78, 5) is 11.8. The molecule has 1 saturated heterocycles. The average molecular weight is 263 g/mol. The number of carbonyl (C=O) groups is 1. The van der Waals surface area contributed by atoms with Gasteiger partial charge in [0, 0.05) is 13.1 Å². The minimum atomic E-state index is -0.114. The summed E-state index contributed by atoms with van der Waals surface area (Å²) in [6, 6.07) is 5.75. The highest BCUT2D eigenvalue weighted by Gasteiger charge is 2.21. The van der Waals surface area contributed by atoms with Crippen molar-refractivity contribution in [2.45, 2.75) is 18.9 Å². The molecule has 19 heavy (non-hydrogen) atoms. The monoisotopic (exact) mass is 263 g/mol. The molecular formula is C13H17N3O3. The van der Waals surface area contributed by atoms with Gasteiger partial charge in [0.15, 0.2) is 11.5 Å². The van der Waals surface area contributed by atoms with E-state index in [1.807, 2.05) is 18.2 Å². The molecule has 3 rings (SSSR count). The second kappa shape index (κ2) is 5.46. The van der Waals surface area contributed by atoms with Gasteiger partial charge in [0.25, 0.3) is 0 Å². The molecule has 1 aromatic carbocycles. The van der Waals surface area contributed by atoms with E-state index in [0.717, 1.165) is 36.4 Å². The van der Waals surface area contributed by atoms with Gasteiger partial charge in [-0.25, -0.2) is 5.43 Å². The lowest BCUT2D eigenvalue weighted by Gasteiger charge is -2.10. The Morgan fingerprint density at radius 3 is 3.11 bits per heavy atom. The molecule has 0 radical (unpaired) electrons. The van der Waals surface area contributed by atoms with Crippen molar-refractivity contribution in [1.29, 1.82) is 0 Å². The quantitative estimate of drug-likeness (QED) is 0.710. The Hall–Kier alpha value is -1.79. The summed E-state index contributed by atoms with van der Waals surface area (Å²) >= 11 is 0. The lowest BCUT2D eigenvalue weighted by Crippen LogP contribution is -2.43. The van der Waals surface area contributed by atoms with Gasteiger partial charge in [0.2, 0.25) is 12.7 Å². The predicted molar refractivity (Wildman–Crippen MR) is 68.8 cm³/mol. The second-order valence-electron chi connectivity index (χ2n) is 4.64. The van der Waals surface area contributed by atoms with Crippen LogP contribution in [-0.4, -0.2) is 31.8 Å². The fourth-order valence-corrected chi connectivity index (χ4v) is 2.23. The van der Waals surface area contributed by atoms with Crippen LogP contribution in [0.2, 0.25) is 0 Å². The first-order valence-corrected chi connectivity index (χ1v) is 6.47. The van der Waals surface area contributed by atoms with Gasteiger partial charge in [-0.15, -0.1) is 0 Å². The third kappa shape index (κ3) is 2.80. The van der Waals surface area contributed by atoms with Crippen molar-refractivity contribution in [3.8, 4) is 11.5 Å². The fourth-order valence-electron chi connectivity index (χ4n) is 2.23. The number of amides is 1. The van der Waals surface area contributed by atoms with Gasteiger partial charge in [-0.05, 0) is 30.5 Å². The maximum atomic E-state index is 11.8. The van der Waals surface area contributed by atoms with Gasteiger partial charge in [-0.1, -0.05) is 6.07 Å². The van der Waals surface area contributed by atoms with Gasteiger partial charge in [0.1, 0.15) is 6.04 Å². The summed E-state index contributed by atoms with van der Waals surface area (Å²) in [6.45, 7) is 1.74. The Morgan fingerprint density at radius 1 is 1.37 bits per heavy atom. The molecule has 0 bridgehead atoms. The normalized spacial score (nSPS) is 20.5. The highest BCUT2D eigenvalue weighted by Crippen LogP contribution is 2.32. The van der Waals surface area contributed by atoms with Crippen molar-refractivity contribution in [2.75, 3.05) is 19.9 Å². The second-order valence-corrected chi connectivity index (χ2v) is 4.64. The van der Waals surface area contributed by atoms with Crippen LogP contribution in [0.1, 0.15) is 12.0 Å². The Balaban J connectivity index is 1.48. The average Bonchev–Trinajstić information content (AvgIpc) is 3.09. The highest BCUT2D eigenvalue weighted by atomic mass is 16.7. The zero-order valence-electron chi connectivity index (χ0n) is 10.6. The van der Waals surface area contributed by atoms with Gasteiger partial charge in [-0.2, -0.15) is 0 Å². The third-order valence-electron chi connectivity index (χ3n) is 3.30. The summed E-state index contributed by atoms with van der Waals surface area (Å²) in [5.74, 6) is 1.62. The molecule has 6 heteroatoms. The number of hydrogen-bond acceptors (Lipinski definition) is 5. The van der Waals surface area contributed by atoms with Gasteiger partial charge in [-0.3, -0.25) is 10.2 Å². The van der Waals surface area contributed by atoms with Crippen LogP contribution in [0.4, 0.5) is 0 Å². The molecule has 2 aliphatic heterocycles. The van der Waals surface area contributed by atoms with Crippen LogP contribution in [-0.2, 0) is 11.2 Å². The zero-order valence-corrected chi connectivity index (χ0v) is 10.6. The maximum absolute atomic E-state index is 11.8. The number of nitrogens with one attached hydrogen (secondary N) is 3. The topological polar surface area (TPSA) is 71.6 Å². The van der Waals surface area contributed by atoms with Crippen LogP contribution in [0.25, 0.3) is 0 Å². The zero-order chi connectivity index (χ0) is 13.1. The van der Waals surface area contributed by atoms with E-state index >= 15 is 0 Å². The predicted octanol–water partition coefficient (Wildman–Crippen LogP) is -0.0595. The SMILES string of the molecule is O=C(NCCc1ccc2c(c1)OCO2)C1CCNN1. The van der Waals surface area contributed by atoms with E-state index < -0.39 is 0 Å². The van der Waals surface area contributed by atoms with Crippen LogP contribution in [0.15, 0.2) is 18.2 Å². The Labute approximate surface area is 111 Å². The summed E-state index contributed by atoms with van der Waals surface area (Å²) in [5.41, 5.74) is 7.02. The number of hydrazine groups is 1. The molecule has 0 aromatic heterocycles. The van der Waals surface area contributed by atoms with E-state index in [2.05, 4.69) is 16.2 Å². The smallest absolute Gasteiger partial charge is 0.238 e. The molecule has 3 N–H and O–H groups in total. The molecule has 1 amide bonds. The number of rotatable bonds is 4. The molecule has 0 saturated carbocycles. The molecule has 1 fully saturated rings. The molecule has 6 nitrogen and oxygen atoms in total. The standard InChI is InChI=1S/C13H17N3O3/c17-13(10-4-6-15-16-10)14-5-3-9-1-2-11-12(7-9)19-8-18-11/h1-2,7,10,15-16H,3-6,8H2,(H,14,17). The molecule has 1 atom stereocenters. The Bertz CT molecular complexity index is 472. The molecule has 1 aromatic rings. The molecule has 0 spiro atoms. The highest BCUT2D eigenvalue weighted by molar-refractivity contribution is 5.81. The van der Waals surface area contributed by atoms with Crippen LogP contribution >= 0.6 is 0 Å². The first-order valence-electron chi connectivity index (χ1n) is 6.47. The minimum absolute atomic E-state index is 0.0470. The van der Waals surface area contributed by atoms with E-state index in [1.165, 1.54) is 0 Å². The summed E-state index contributed by atoms with van der Waals surface area (Å²) in [6.07, 6.45) is 1.61. The molecule has 1 unspecified atom stereocenters. The first-order chi connectivity index (χ1) is 9.33. The van der Waals surface area contributed by atoms with Gasteiger partial charge >= 0.3 is 0 Å². The van der Waals surface area contributed by atoms with Crippen molar-refractivity contribution in [3.63, 3.8) is 0 Å². The van der Waals surface area contributed by atoms with E-state index in [1.54, 1.807) is 0 Å². The number of benzene rings is 1. The van der Waals surface area contributed by atoms with Crippen LogP contribution < -0.4 is 25.6 Å². The van der Waals surface area contributed by atoms with Crippen molar-refractivity contribution >= 4 is 5.91 Å². The number of ether oxygens (including phenoxy) is 2.